The molecule has 0 bridgehead atoms. The molecule has 0 aromatic heterocycles. The van der Waals surface area contributed by atoms with Crippen LogP contribution in [0.3, 0.4) is 0 Å². The molecule has 0 fully saturated rings. The standard InChI is InChI=1S/C19H25NO/c1-6-20-19(16-10-8-7-9-14(16)3)18-15(4)11-13(2)12-17(18)21-5/h7-12,19-20H,6H2,1-5H3. The maximum Gasteiger partial charge on any atom is 0.124 e. The minimum Gasteiger partial charge on any atom is -0.496 e. The van der Waals surface area contributed by atoms with Crippen LogP contribution in [-0.2, 0) is 0 Å². The minimum atomic E-state index is 0.159. The van der Waals surface area contributed by atoms with E-state index in [2.05, 4.69) is 69.4 Å². The normalized spacial score (nSPS) is 12.2. The van der Waals surface area contributed by atoms with Crippen LogP contribution in [0.15, 0.2) is 36.4 Å². The summed E-state index contributed by atoms with van der Waals surface area (Å²) in [6.07, 6.45) is 0. The topological polar surface area (TPSA) is 21.3 Å². The summed E-state index contributed by atoms with van der Waals surface area (Å²) in [6.45, 7) is 9.48. The van der Waals surface area contributed by atoms with Gasteiger partial charge >= 0.3 is 0 Å². The third-order valence-corrected chi connectivity index (χ3v) is 3.91. The summed E-state index contributed by atoms with van der Waals surface area (Å²) in [7, 11) is 1.75. The molecule has 0 aliphatic carbocycles. The smallest absolute Gasteiger partial charge is 0.124 e. The molecule has 1 atom stereocenters. The van der Waals surface area contributed by atoms with E-state index in [1.165, 1.54) is 27.8 Å². The molecule has 0 amide bonds. The van der Waals surface area contributed by atoms with Gasteiger partial charge in [0.1, 0.15) is 5.75 Å². The van der Waals surface area contributed by atoms with Gasteiger partial charge in [-0.2, -0.15) is 0 Å². The number of benzene rings is 2. The van der Waals surface area contributed by atoms with Crippen molar-refractivity contribution < 1.29 is 4.74 Å². The lowest BCUT2D eigenvalue weighted by Crippen LogP contribution is -2.24. The van der Waals surface area contributed by atoms with E-state index in [0.717, 1.165) is 12.3 Å². The van der Waals surface area contributed by atoms with Crippen molar-refractivity contribution in [3.63, 3.8) is 0 Å². The first-order valence-corrected chi connectivity index (χ1v) is 7.52. The van der Waals surface area contributed by atoms with E-state index in [0.29, 0.717) is 0 Å². The van der Waals surface area contributed by atoms with Gasteiger partial charge in [-0.3, -0.25) is 0 Å². The van der Waals surface area contributed by atoms with Crippen molar-refractivity contribution in [2.75, 3.05) is 13.7 Å². The molecular weight excluding hydrogens is 258 g/mol. The second-order valence-electron chi connectivity index (χ2n) is 5.55. The maximum atomic E-state index is 5.66. The van der Waals surface area contributed by atoms with Gasteiger partial charge in [0.15, 0.2) is 0 Å². The minimum absolute atomic E-state index is 0.159. The van der Waals surface area contributed by atoms with Gasteiger partial charge in [0, 0.05) is 5.56 Å². The lowest BCUT2D eigenvalue weighted by atomic mass is 9.90. The molecular formula is C19H25NO. The van der Waals surface area contributed by atoms with Crippen molar-refractivity contribution in [1.82, 2.24) is 5.32 Å². The summed E-state index contributed by atoms with van der Waals surface area (Å²) >= 11 is 0. The summed E-state index contributed by atoms with van der Waals surface area (Å²) in [5, 5.41) is 3.61. The zero-order valence-corrected chi connectivity index (χ0v) is 13.7. The van der Waals surface area contributed by atoms with E-state index in [4.69, 9.17) is 4.74 Å². The first-order valence-electron chi connectivity index (χ1n) is 7.52. The second kappa shape index (κ2) is 6.77. The zero-order chi connectivity index (χ0) is 15.4. The van der Waals surface area contributed by atoms with Gasteiger partial charge in [-0.15, -0.1) is 0 Å². The highest BCUT2D eigenvalue weighted by molar-refractivity contribution is 5.49. The number of methoxy groups -OCH3 is 1. The fourth-order valence-corrected chi connectivity index (χ4v) is 2.96. The predicted molar refractivity (Wildman–Crippen MR) is 89.2 cm³/mol. The van der Waals surface area contributed by atoms with Gasteiger partial charge in [0.25, 0.3) is 0 Å². The molecule has 0 saturated heterocycles. The van der Waals surface area contributed by atoms with Crippen molar-refractivity contribution in [2.45, 2.75) is 33.7 Å². The Morgan fingerprint density at radius 2 is 1.76 bits per heavy atom. The molecule has 2 aromatic rings. The predicted octanol–water partition coefficient (Wildman–Crippen LogP) is 4.32. The Hall–Kier alpha value is -1.80. The Morgan fingerprint density at radius 3 is 2.38 bits per heavy atom. The van der Waals surface area contributed by atoms with Crippen LogP contribution in [0.25, 0.3) is 0 Å². The molecule has 21 heavy (non-hydrogen) atoms. The van der Waals surface area contributed by atoms with Gasteiger partial charge in [-0.05, 0) is 55.6 Å². The fraction of sp³-hybridized carbons (Fsp3) is 0.368. The van der Waals surface area contributed by atoms with Crippen molar-refractivity contribution >= 4 is 0 Å². The monoisotopic (exact) mass is 283 g/mol. The van der Waals surface area contributed by atoms with Gasteiger partial charge in [-0.1, -0.05) is 37.3 Å². The number of hydrogen-bond acceptors (Lipinski definition) is 2. The van der Waals surface area contributed by atoms with Crippen LogP contribution in [0.4, 0.5) is 0 Å². The van der Waals surface area contributed by atoms with Crippen molar-refractivity contribution in [3.8, 4) is 5.75 Å². The number of rotatable bonds is 5. The summed E-state index contributed by atoms with van der Waals surface area (Å²) in [4.78, 5) is 0. The number of ether oxygens (including phenoxy) is 1. The molecule has 1 N–H and O–H groups in total. The SMILES string of the molecule is CCNC(c1ccccc1C)c1c(C)cc(C)cc1OC. The van der Waals surface area contributed by atoms with Crippen LogP contribution in [0.1, 0.15) is 40.8 Å². The van der Waals surface area contributed by atoms with Crippen LogP contribution in [0.5, 0.6) is 5.75 Å². The molecule has 0 spiro atoms. The molecule has 2 nitrogen and oxygen atoms in total. The van der Waals surface area contributed by atoms with E-state index in [-0.39, 0.29) is 6.04 Å². The van der Waals surface area contributed by atoms with Crippen molar-refractivity contribution in [2.24, 2.45) is 0 Å². The number of hydrogen-bond donors (Lipinski definition) is 1. The van der Waals surface area contributed by atoms with Crippen LogP contribution in [-0.4, -0.2) is 13.7 Å². The Balaban J connectivity index is 2.61. The van der Waals surface area contributed by atoms with E-state index in [9.17, 15) is 0 Å². The van der Waals surface area contributed by atoms with Crippen LogP contribution in [0, 0.1) is 20.8 Å². The second-order valence-corrected chi connectivity index (χ2v) is 5.55. The molecule has 112 valence electrons. The summed E-state index contributed by atoms with van der Waals surface area (Å²) in [6, 6.07) is 13.0. The molecule has 0 saturated carbocycles. The largest absolute Gasteiger partial charge is 0.496 e. The average molecular weight is 283 g/mol. The van der Waals surface area contributed by atoms with E-state index in [1.807, 2.05) is 0 Å². The lowest BCUT2D eigenvalue weighted by molar-refractivity contribution is 0.403. The highest BCUT2D eigenvalue weighted by Gasteiger charge is 2.21. The van der Waals surface area contributed by atoms with Crippen LogP contribution >= 0.6 is 0 Å². The number of aryl methyl sites for hydroxylation is 3. The highest BCUT2D eigenvalue weighted by atomic mass is 16.5. The molecule has 1 unspecified atom stereocenters. The summed E-state index contributed by atoms with van der Waals surface area (Å²) in [5.74, 6) is 0.960. The Labute approximate surface area is 128 Å². The fourth-order valence-electron chi connectivity index (χ4n) is 2.96. The van der Waals surface area contributed by atoms with Gasteiger partial charge in [0.2, 0.25) is 0 Å². The van der Waals surface area contributed by atoms with Gasteiger partial charge < -0.3 is 10.1 Å². The third-order valence-electron chi connectivity index (χ3n) is 3.91. The van der Waals surface area contributed by atoms with Crippen molar-refractivity contribution in [3.05, 3.63) is 64.2 Å². The maximum absolute atomic E-state index is 5.66. The Kier molecular flexibility index (Phi) is 5.03. The van der Waals surface area contributed by atoms with Gasteiger partial charge in [-0.25, -0.2) is 0 Å². The van der Waals surface area contributed by atoms with E-state index in [1.54, 1.807) is 7.11 Å². The van der Waals surface area contributed by atoms with E-state index < -0.39 is 0 Å². The Morgan fingerprint density at radius 1 is 1.05 bits per heavy atom. The first-order chi connectivity index (χ1) is 10.1. The average Bonchev–Trinajstić information content (AvgIpc) is 2.45. The quantitative estimate of drug-likeness (QED) is 0.882. The first kappa shape index (κ1) is 15.6. The van der Waals surface area contributed by atoms with Crippen LogP contribution < -0.4 is 10.1 Å². The molecule has 2 rings (SSSR count). The summed E-state index contributed by atoms with van der Waals surface area (Å²) < 4.78 is 5.66. The molecule has 2 heteroatoms. The van der Waals surface area contributed by atoms with E-state index >= 15 is 0 Å². The number of nitrogens with one attached hydrogen (secondary N) is 1. The molecule has 2 aromatic carbocycles. The van der Waals surface area contributed by atoms with Crippen molar-refractivity contribution in [1.29, 1.82) is 0 Å². The molecule has 0 aliphatic heterocycles. The lowest BCUT2D eigenvalue weighted by Gasteiger charge is -2.25. The molecule has 0 aliphatic rings. The molecule has 0 radical (unpaired) electrons. The zero-order valence-electron chi connectivity index (χ0n) is 13.7. The Bertz CT molecular complexity index is 619. The van der Waals surface area contributed by atoms with Crippen LogP contribution in [0.2, 0.25) is 0 Å². The third kappa shape index (κ3) is 3.27. The summed E-state index contributed by atoms with van der Waals surface area (Å²) in [5.41, 5.74) is 6.34. The molecule has 0 heterocycles. The van der Waals surface area contributed by atoms with Gasteiger partial charge in [0.05, 0.1) is 13.2 Å². The highest BCUT2D eigenvalue weighted by Crippen LogP contribution is 2.35.